The van der Waals surface area contributed by atoms with Crippen LogP contribution in [0.3, 0.4) is 0 Å². The number of nitrogens with one attached hydrogen (secondary N) is 1. The molecule has 0 aromatic heterocycles. The molecule has 1 N–H and O–H groups in total. The minimum atomic E-state index is -0.958. The average molecular weight is 330 g/mol. The summed E-state index contributed by atoms with van der Waals surface area (Å²) in [6.45, 7) is 0. The number of hydrogen-bond donors (Lipinski definition) is 1. The third kappa shape index (κ3) is 4.11. The lowest BCUT2D eigenvalue weighted by atomic mass is 10.1. The summed E-state index contributed by atoms with van der Waals surface area (Å²) in [7, 11) is 0. The smallest absolute Gasteiger partial charge is 0.339 e. The molecule has 1 saturated carbocycles. The Morgan fingerprint density at radius 2 is 1.70 bits per heavy atom. The van der Waals surface area contributed by atoms with Crippen molar-refractivity contribution in [2.24, 2.45) is 0 Å². The predicted molar refractivity (Wildman–Crippen MR) is 87.2 cm³/mol. The first kappa shape index (κ1) is 15.6. The summed E-state index contributed by atoms with van der Waals surface area (Å²) in [6.07, 6.45) is 0.983. The monoisotopic (exact) mass is 329 g/mol. The first-order valence-corrected chi connectivity index (χ1v) is 7.83. The fraction of sp³-hybridized carbons (Fsp3) is 0.222. The van der Waals surface area contributed by atoms with E-state index in [2.05, 4.69) is 5.32 Å². The summed E-state index contributed by atoms with van der Waals surface area (Å²) < 4.78 is 5.46. The first-order valence-electron chi connectivity index (χ1n) is 7.45. The second-order valence-electron chi connectivity index (χ2n) is 5.49. The number of carbonyl (C=O) groups is 2. The van der Waals surface area contributed by atoms with Gasteiger partial charge in [0.15, 0.2) is 0 Å². The maximum Gasteiger partial charge on any atom is 0.339 e. The minimum Gasteiger partial charge on any atom is -0.444 e. The number of halogens is 1. The summed E-state index contributed by atoms with van der Waals surface area (Å²) in [6, 6.07) is 15.6. The molecular formula is C18H16ClNO3. The molecule has 0 bridgehead atoms. The van der Waals surface area contributed by atoms with E-state index >= 15 is 0 Å². The molecule has 1 aliphatic rings. The Hall–Kier alpha value is -2.33. The van der Waals surface area contributed by atoms with Gasteiger partial charge in [0, 0.05) is 16.6 Å². The Bertz CT molecular complexity index is 696. The van der Waals surface area contributed by atoms with E-state index in [9.17, 15) is 9.59 Å². The van der Waals surface area contributed by atoms with Crippen LogP contribution >= 0.6 is 11.6 Å². The number of benzene rings is 2. The molecule has 0 aliphatic heterocycles. The van der Waals surface area contributed by atoms with Gasteiger partial charge in [0.1, 0.15) is 0 Å². The summed E-state index contributed by atoms with van der Waals surface area (Å²) in [5.41, 5.74) is 1.00. The molecule has 2 aromatic carbocycles. The Morgan fingerprint density at radius 1 is 1.04 bits per heavy atom. The van der Waals surface area contributed by atoms with E-state index in [1.807, 2.05) is 18.2 Å². The normalized spacial score (nSPS) is 14.8. The second-order valence-corrected chi connectivity index (χ2v) is 5.92. The largest absolute Gasteiger partial charge is 0.444 e. The van der Waals surface area contributed by atoms with Crippen LogP contribution in [-0.2, 0) is 9.53 Å². The van der Waals surface area contributed by atoms with Crippen LogP contribution in [0, 0.1) is 0 Å². The van der Waals surface area contributed by atoms with Gasteiger partial charge >= 0.3 is 5.97 Å². The van der Waals surface area contributed by atoms with Gasteiger partial charge in [0.25, 0.3) is 5.91 Å². The van der Waals surface area contributed by atoms with Gasteiger partial charge < -0.3 is 10.1 Å². The van der Waals surface area contributed by atoms with Gasteiger partial charge in [0.05, 0.1) is 5.56 Å². The van der Waals surface area contributed by atoms with Gasteiger partial charge in [-0.25, -0.2) is 4.79 Å². The third-order valence-electron chi connectivity index (χ3n) is 3.57. The molecule has 0 spiro atoms. The number of amides is 1. The highest BCUT2D eigenvalue weighted by atomic mass is 35.5. The Morgan fingerprint density at radius 3 is 2.30 bits per heavy atom. The van der Waals surface area contributed by atoms with Crippen molar-refractivity contribution < 1.29 is 14.3 Å². The average Bonchev–Trinajstić information content (AvgIpc) is 3.37. The van der Waals surface area contributed by atoms with Crippen molar-refractivity contribution in [1.29, 1.82) is 0 Å². The summed E-state index contributed by atoms with van der Waals surface area (Å²) in [4.78, 5) is 24.7. The van der Waals surface area contributed by atoms with Crippen molar-refractivity contribution >= 4 is 23.5 Å². The van der Waals surface area contributed by atoms with E-state index in [0.29, 0.717) is 16.1 Å². The SMILES string of the molecule is O=C(OC(C(=O)NC1CC1)c1ccccc1)c1ccc(Cl)cc1. The molecule has 3 rings (SSSR count). The number of rotatable bonds is 5. The van der Waals surface area contributed by atoms with Gasteiger partial charge in [-0.3, -0.25) is 4.79 Å². The Kier molecular flexibility index (Phi) is 4.63. The van der Waals surface area contributed by atoms with Crippen molar-refractivity contribution in [3.05, 3.63) is 70.7 Å². The highest BCUT2D eigenvalue weighted by molar-refractivity contribution is 6.30. The van der Waals surface area contributed by atoms with Crippen LogP contribution in [0.4, 0.5) is 0 Å². The molecule has 4 nitrogen and oxygen atoms in total. The molecule has 1 amide bonds. The molecule has 1 aliphatic carbocycles. The molecule has 0 heterocycles. The van der Waals surface area contributed by atoms with Crippen LogP contribution in [0.15, 0.2) is 54.6 Å². The molecule has 0 radical (unpaired) electrons. The third-order valence-corrected chi connectivity index (χ3v) is 3.82. The van der Waals surface area contributed by atoms with Gasteiger partial charge in [-0.1, -0.05) is 41.9 Å². The highest BCUT2D eigenvalue weighted by Gasteiger charge is 2.31. The fourth-order valence-electron chi connectivity index (χ4n) is 2.17. The Labute approximate surface area is 139 Å². The van der Waals surface area contributed by atoms with Crippen LogP contribution in [0.2, 0.25) is 5.02 Å². The number of carbonyl (C=O) groups excluding carboxylic acids is 2. The maximum absolute atomic E-state index is 12.4. The molecular weight excluding hydrogens is 314 g/mol. The summed E-state index contributed by atoms with van der Waals surface area (Å²) in [5.74, 6) is -0.845. The Balaban J connectivity index is 1.78. The van der Waals surface area contributed by atoms with E-state index in [0.717, 1.165) is 12.8 Å². The summed E-state index contributed by atoms with van der Waals surface area (Å²) in [5, 5.41) is 3.42. The van der Waals surface area contributed by atoms with Gasteiger partial charge in [-0.15, -0.1) is 0 Å². The fourth-order valence-corrected chi connectivity index (χ4v) is 2.29. The standard InChI is InChI=1S/C18H16ClNO3/c19-14-8-6-13(7-9-14)18(22)23-16(12-4-2-1-3-5-12)17(21)20-15-10-11-15/h1-9,15-16H,10-11H2,(H,20,21). The van der Waals surface area contributed by atoms with Crippen LogP contribution in [0.1, 0.15) is 34.9 Å². The molecule has 5 heteroatoms. The molecule has 1 atom stereocenters. The van der Waals surface area contributed by atoms with E-state index in [4.69, 9.17) is 16.3 Å². The van der Waals surface area contributed by atoms with Crippen LogP contribution < -0.4 is 5.32 Å². The number of hydrogen-bond acceptors (Lipinski definition) is 3. The molecule has 118 valence electrons. The van der Waals surface area contributed by atoms with Gasteiger partial charge in [-0.2, -0.15) is 0 Å². The molecule has 0 saturated heterocycles. The second kappa shape index (κ2) is 6.84. The molecule has 1 fully saturated rings. The van der Waals surface area contributed by atoms with Gasteiger partial charge in [-0.05, 0) is 37.1 Å². The van der Waals surface area contributed by atoms with Crippen molar-refractivity contribution in [2.75, 3.05) is 0 Å². The lowest BCUT2D eigenvalue weighted by molar-refractivity contribution is -0.130. The number of esters is 1. The molecule has 1 unspecified atom stereocenters. The lowest BCUT2D eigenvalue weighted by Crippen LogP contribution is -2.33. The topological polar surface area (TPSA) is 55.4 Å². The van der Waals surface area contributed by atoms with Gasteiger partial charge in [0.2, 0.25) is 6.10 Å². The highest BCUT2D eigenvalue weighted by Crippen LogP contribution is 2.24. The number of ether oxygens (including phenoxy) is 1. The minimum absolute atomic E-state index is 0.197. The van der Waals surface area contributed by atoms with E-state index in [1.54, 1.807) is 36.4 Å². The predicted octanol–water partition coefficient (Wildman–Crippen LogP) is 3.52. The zero-order valence-corrected chi connectivity index (χ0v) is 13.1. The van der Waals surface area contributed by atoms with Crippen molar-refractivity contribution in [3.63, 3.8) is 0 Å². The van der Waals surface area contributed by atoms with Crippen molar-refractivity contribution in [2.45, 2.75) is 25.0 Å². The first-order chi connectivity index (χ1) is 11.1. The van der Waals surface area contributed by atoms with Crippen LogP contribution in [-0.4, -0.2) is 17.9 Å². The van der Waals surface area contributed by atoms with Crippen LogP contribution in [0.25, 0.3) is 0 Å². The molecule has 23 heavy (non-hydrogen) atoms. The molecule has 2 aromatic rings. The maximum atomic E-state index is 12.4. The van der Waals surface area contributed by atoms with Crippen molar-refractivity contribution in [1.82, 2.24) is 5.32 Å². The quantitative estimate of drug-likeness (QED) is 0.854. The lowest BCUT2D eigenvalue weighted by Gasteiger charge is -2.18. The van der Waals surface area contributed by atoms with Crippen molar-refractivity contribution in [3.8, 4) is 0 Å². The zero-order valence-electron chi connectivity index (χ0n) is 12.4. The van der Waals surface area contributed by atoms with Crippen LogP contribution in [0.5, 0.6) is 0 Å². The summed E-state index contributed by atoms with van der Waals surface area (Å²) >= 11 is 5.82. The van der Waals surface area contributed by atoms with E-state index < -0.39 is 12.1 Å². The zero-order chi connectivity index (χ0) is 16.2. The van der Waals surface area contributed by atoms with E-state index in [-0.39, 0.29) is 11.9 Å². The van der Waals surface area contributed by atoms with E-state index in [1.165, 1.54) is 0 Å².